The maximum atomic E-state index is 12.7. The summed E-state index contributed by atoms with van der Waals surface area (Å²) in [6, 6.07) is 1.42. The predicted molar refractivity (Wildman–Crippen MR) is 83.8 cm³/mol. The maximum Gasteiger partial charge on any atom is 0.257 e. The zero-order valence-corrected chi connectivity index (χ0v) is 14.4. The van der Waals surface area contributed by atoms with E-state index in [1.165, 1.54) is 10.6 Å². The summed E-state index contributed by atoms with van der Waals surface area (Å²) in [5.41, 5.74) is 0.545. The molecule has 0 aromatic carbocycles. The Balaban J connectivity index is 1.81. The minimum absolute atomic E-state index is 0.114. The number of amides is 1. The summed E-state index contributed by atoms with van der Waals surface area (Å²) < 4.78 is 36.6. The van der Waals surface area contributed by atoms with E-state index in [9.17, 15) is 13.2 Å². The van der Waals surface area contributed by atoms with Gasteiger partial charge < -0.3 is 14.1 Å². The van der Waals surface area contributed by atoms with E-state index in [1.54, 1.807) is 24.8 Å². The fourth-order valence-corrected chi connectivity index (χ4v) is 4.55. The quantitative estimate of drug-likeness (QED) is 0.793. The van der Waals surface area contributed by atoms with Crippen LogP contribution in [0.15, 0.2) is 10.5 Å². The van der Waals surface area contributed by atoms with Crippen molar-refractivity contribution in [3.63, 3.8) is 0 Å². The van der Waals surface area contributed by atoms with Crippen LogP contribution in [0, 0.1) is 13.8 Å². The molecule has 2 aliphatic rings. The van der Waals surface area contributed by atoms with E-state index in [-0.39, 0.29) is 18.1 Å². The first kappa shape index (κ1) is 16.5. The molecule has 0 aliphatic carbocycles. The predicted octanol–water partition coefficient (Wildman–Crippen LogP) is 0.771. The molecule has 2 saturated heterocycles. The second kappa shape index (κ2) is 5.92. The smallest absolute Gasteiger partial charge is 0.257 e. The molecule has 2 fully saturated rings. The molecule has 0 spiro atoms. The first-order chi connectivity index (χ1) is 10.8. The van der Waals surface area contributed by atoms with Crippen LogP contribution in [0.3, 0.4) is 0 Å². The normalized spacial score (nSPS) is 26.1. The van der Waals surface area contributed by atoms with E-state index < -0.39 is 10.0 Å². The molecular weight excluding hydrogens is 320 g/mol. The summed E-state index contributed by atoms with van der Waals surface area (Å²) in [6.07, 6.45) is 1.70. The van der Waals surface area contributed by atoms with E-state index in [2.05, 4.69) is 0 Å². The van der Waals surface area contributed by atoms with Gasteiger partial charge in [0.05, 0.1) is 30.6 Å². The number of fused-ring (bicyclic) bond motifs is 1. The third-order valence-corrected chi connectivity index (χ3v) is 5.82. The number of carbonyl (C=O) groups excluding carboxylic acids is 1. The second-order valence-electron chi connectivity index (χ2n) is 6.22. The van der Waals surface area contributed by atoms with E-state index >= 15 is 0 Å². The second-order valence-corrected chi connectivity index (χ2v) is 8.15. The summed E-state index contributed by atoms with van der Waals surface area (Å²) in [5.74, 6) is 1.17. The van der Waals surface area contributed by atoms with Crippen LogP contribution < -0.4 is 0 Å². The Morgan fingerprint density at radius 2 is 2.04 bits per heavy atom. The van der Waals surface area contributed by atoms with Gasteiger partial charge in [-0.15, -0.1) is 0 Å². The Hall–Kier alpha value is -1.38. The molecule has 8 heteroatoms. The molecule has 2 aliphatic heterocycles. The highest BCUT2D eigenvalue weighted by molar-refractivity contribution is 7.88. The van der Waals surface area contributed by atoms with Crippen molar-refractivity contribution in [2.24, 2.45) is 0 Å². The van der Waals surface area contributed by atoms with Gasteiger partial charge in [-0.3, -0.25) is 4.79 Å². The van der Waals surface area contributed by atoms with Crippen LogP contribution in [0.1, 0.15) is 28.3 Å². The number of carbonyl (C=O) groups is 1. The van der Waals surface area contributed by atoms with Crippen molar-refractivity contribution in [3.8, 4) is 0 Å². The van der Waals surface area contributed by atoms with Gasteiger partial charge in [0.25, 0.3) is 5.91 Å². The van der Waals surface area contributed by atoms with Gasteiger partial charge in [0.1, 0.15) is 11.5 Å². The first-order valence-corrected chi connectivity index (χ1v) is 9.57. The highest BCUT2D eigenvalue weighted by Gasteiger charge is 2.42. The number of likely N-dealkylation sites (tertiary alicyclic amines) is 1. The fourth-order valence-electron chi connectivity index (χ4n) is 3.45. The molecule has 0 radical (unpaired) electrons. The van der Waals surface area contributed by atoms with Crippen LogP contribution >= 0.6 is 0 Å². The molecule has 2 atom stereocenters. The zero-order chi connectivity index (χ0) is 16.8. The highest BCUT2D eigenvalue weighted by atomic mass is 32.2. The van der Waals surface area contributed by atoms with Crippen molar-refractivity contribution < 1.29 is 22.4 Å². The number of sulfonamides is 1. The number of ether oxygens (including phenoxy) is 1. The monoisotopic (exact) mass is 342 g/mol. The van der Waals surface area contributed by atoms with Gasteiger partial charge in [0.2, 0.25) is 10.0 Å². The van der Waals surface area contributed by atoms with Crippen LogP contribution in [0.2, 0.25) is 0 Å². The molecule has 1 aromatic rings. The Morgan fingerprint density at radius 3 is 2.65 bits per heavy atom. The number of furan rings is 1. The Bertz CT molecular complexity index is 711. The van der Waals surface area contributed by atoms with E-state index in [4.69, 9.17) is 9.15 Å². The highest BCUT2D eigenvalue weighted by Crippen LogP contribution is 2.26. The average Bonchev–Trinajstić information content (AvgIpc) is 2.83. The summed E-state index contributed by atoms with van der Waals surface area (Å²) in [7, 11) is -3.32. The van der Waals surface area contributed by atoms with Crippen molar-refractivity contribution in [2.45, 2.75) is 32.4 Å². The molecule has 0 unspecified atom stereocenters. The largest absolute Gasteiger partial charge is 0.466 e. The van der Waals surface area contributed by atoms with Crippen LogP contribution in [-0.2, 0) is 14.8 Å². The molecule has 23 heavy (non-hydrogen) atoms. The van der Waals surface area contributed by atoms with Gasteiger partial charge in [-0.1, -0.05) is 0 Å². The van der Waals surface area contributed by atoms with Crippen molar-refractivity contribution in [3.05, 3.63) is 23.2 Å². The summed E-state index contributed by atoms with van der Waals surface area (Å²) >= 11 is 0. The van der Waals surface area contributed by atoms with Crippen molar-refractivity contribution in [1.82, 2.24) is 9.21 Å². The number of piperidine rings is 1. The van der Waals surface area contributed by atoms with Crippen molar-refractivity contribution in [1.29, 1.82) is 0 Å². The molecule has 1 amide bonds. The SMILES string of the molecule is Cc1cc(C(=O)N2CC[C@@H]3OCCN(S(C)(=O)=O)[C@H]3C2)c(C)o1. The summed E-state index contributed by atoms with van der Waals surface area (Å²) in [5, 5.41) is 0. The van der Waals surface area contributed by atoms with Crippen LogP contribution in [0.5, 0.6) is 0 Å². The van der Waals surface area contributed by atoms with Gasteiger partial charge in [-0.05, 0) is 26.3 Å². The third-order valence-electron chi connectivity index (χ3n) is 4.52. The van der Waals surface area contributed by atoms with Crippen LogP contribution in [0.25, 0.3) is 0 Å². The topological polar surface area (TPSA) is 80.1 Å². The Kier molecular flexibility index (Phi) is 4.24. The molecule has 3 rings (SSSR count). The number of hydrogen-bond donors (Lipinski definition) is 0. The standard InChI is InChI=1S/C15H22N2O5S/c1-10-8-12(11(2)22-10)15(18)16-5-4-14-13(9-16)17(6-7-21-14)23(3,19)20/h8,13-14H,4-7,9H2,1-3H3/t13-,14-/m0/s1. The van der Waals surface area contributed by atoms with Crippen molar-refractivity contribution >= 4 is 15.9 Å². The van der Waals surface area contributed by atoms with E-state index in [0.717, 1.165) is 0 Å². The molecule has 128 valence electrons. The van der Waals surface area contributed by atoms with E-state index in [1.807, 2.05) is 0 Å². The number of rotatable bonds is 2. The lowest BCUT2D eigenvalue weighted by molar-refractivity contribution is -0.0704. The number of aryl methyl sites for hydroxylation is 2. The number of morpholine rings is 1. The minimum Gasteiger partial charge on any atom is -0.466 e. The summed E-state index contributed by atoms with van der Waals surface area (Å²) in [6.45, 7) is 5.21. The van der Waals surface area contributed by atoms with Gasteiger partial charge in [-0.2, -0.15) is 4.31 Å². The van der Waals surface area contributed by atoms with Gasteiger partial charge in [-0.25, -0.2) is 8.42 Å². The molecule has 0 saturated carbocycles. The number of hydrogen-bond acceptors (Lipinski definition) is 5. The molecular formula is C15H22N2O5S. The Labute approximate surface area is 136 Å². The lowest BCUT2D eigenvalue weighted by atomic mass is 10.00. The lowest BCUT2D eigenvalue weighted by Gasteiger charge is -2.45. The minimum atomic E-state index is -3.32. The van der Waals surface area contributed by atoms with Crippen molar-refractivity contribution in [2.75, 3.05) is 32.5 Å². The van der Waals surface area contributed by atoms with E-state index in [0.29, 0.717) is 49.7 Å². The maximum absolute atomic E-state index is 12.7. The molecule has 0 N–H and O–H groups in total. The summed E-state index contributed by atoms with van der Waals surface area (Å²) in [4.78, 5) is 14.4. The molecule has 3 heterocycles. The van der Waals surface area contributed by atoms with Crippen LogP contribution in [-0.4, -0.2) is 68.2 Å². The van der Waals surface area contributed by atoms with Gasteiger partial charge in [0, 0.05) is 19.6 Å². The zero-order valence-electron chi connectivity index (χ0n) is 13.6. The van der Waals surface area contributed by atoms with Gasteiger partial charge >= 0.3 is 0 Å². The third kappa shape index (κ3) is 3.15. The first-order valence-electron chi connectivity index (χ1n) is 7.72. The lowest BCUT2D eigenvalue weighted by Crippen LogP contribution is -2.61. The molecule has 0 bridgehead atoms. The fraction of sp³-hybridized carbons (Fsp3) is 0.667. The molecule has 7 nitrogen and oxygen atoms in total. The Morgan fingerprint density at radius 1 is 1.30 bits per heavy atom. The number of nitrogens with zero attached hydrogens (tertiary/aromatic N) is 2. The molecule has 1 aromatic heterocycles. The van der Waals surface area contributed by atoms with Gasteiger partial charge in [0.15, 0.2) is 0 Å². The average molecular weight is 342 g/mol. The van der Waals surface area contributed by atoms with Crippen LogP contribution in [0.4, 0.5) is 0 Å².